The number of rotatable bonds is 2. The van der Waals surface area contributed by atoms with Crippen molar-refractivity contribution in [1.82, 2.24) is 0 Å². The molecule has 0 aliphatic heterocycles. The summed E-state index contributed by atoms with van der Waals surface area (Å²) in [6, 6.07) is 3.83. The van der Waals surface area contributed by atoms with E-state index in [2.05, 4.69) is 19.2 Å². The van der Waals surface area contributed by atoms with E-state index in [0.29, 0.717) is 5.69 Å². The Hall–Kier alpha value is -0.900. The fourth-order valence-electron chi connectivity index (χ4n) is 2.63. The largest absolute Gasteiger partial charge is 0.416 e. The van der Waals surface area contributed by atoms with E-state index in [-0.39, 0.29) is 16.5 Å². The second kappa shape index (κ2) is 4.89. The summed E-state index contributed by atoms with van der Waals surface area (Å²) in [5, 5.41) is 3.27. The van der Waals surface area contributed by atoms with Crippen LogP contribution in [0.1, 0.15) is 38.7 Å². The lowest BCUT2D eigenvalue weighted by molar-refractivity contribution is -0.137. The van der Waals surface area contributed by atoms with Gasteiger partial charge in [-0.3, -0.25) is 0 Å². The highest BCUT2D eigenvalue weighted by atomic mass is 35.5. The molecular formula is C14H17ClF3N. The Labute approximate surface area is 116 Å². The number of benzene rings is 1. The van der Waals surface area contributed by atoms with E-state index < -0.39 is 11.7 Å². The van der Waals surface area contributed by atoms with E-state index in [0.717, 1.165) is 31.4 Å². The third-order valence-electron chi connectivity index (χ3n) is 3.56. The predicted molar refractivity (Wildman–Crippen MR) is 71.5 cm³/mol. The molecule has 1 saturated carbocycles. The van der Waals surface area contributed by atoms with E-state index in [4.69, 9.17) is 11.6 Å². The van der Waals surface area contributed by atoms with Crippen LogP contribution in [0.25, 0.3) is 0 Å². The van der Waals surface area contributed by atoms with Crippen LogP contribution < -0.4 is 5.32 Å². The molecule has 1 aliphatic carbocycles. The van der Waals surface area contributed by atoms with Gasteiger partial charge in [0.25, 0.3) is 0 Å². The minimum atomic E-state index is -4.36. The monoisotopic (exact) mass is 291 g/mol. The lowest BCUT2D eigenvalue weighted by atomic mass is 9.92. The number of hydrogen-bond donors (Lipinski definition) is 1. The van der Waals surface area contributed by atoms with Gasteiger partial charge in [-0.25, -0.2) is 0 Å². The molecule has 1 fully saturated rings. The van der Waals surface area contributed by atoms with Crippen LogP contribution in [0.15, 0.2) is 18.2 Å². The zero-order valence-corrected chi connectivity index (χ0v) is 11.7. The molecule has 0 amide bonds. The first-order valence-corrected chi connectivity index (χ1v) is 6.68. The smallest absolute Gasteiger partial charge is 0.382 e. The van der Waals surface area contributed by atoms with Crippen molar-refractivity contribution in [3.63, 3.8) is 0 Å². The van der Waals surface area contributed by atoms with Gasteiger partial charge in [-0.15, -0.1) is 0 Å². The summed E-state index contributed by atoms with van der Waals surface area (Å²) in [7, 11) is 0. The third-order valence-corrected chi connectivity index (χ3v) is 3.78. The number of halogens is 4. The van der Waals surface area contributed by atoms with E-state index in [1.54, 1.807) is 6.07 Å². The fraction of sp³-hybridized carbons (Fsp3) is 0.571. The average molecular weight is 292 g/mol. The van der Waals surface area contributed by atoms with Crippen molar-refractivity contribution in [3.05, 3.63) is 28.8 Å². The van der Waals surface area contributed by atoms with Crippen molar-refractivity contribution < 1.29 is 13.2 Å². The van der Waals surface area contributed by atoms with Crippen molar-refractivity contribution in [2.45, 2.75) is 45.3 Å². The molecule has 106 valence electrons. The lowest BCUT2D eigenvalue weighted by Gasteiger charge is -2.19. The number of nitrogens with one attached hydrogen (secondary N) is 1. The summed E-state index contributed by atoms with van der Waals surface area (Å²) >= 11 is 5.76. The van der Waals surface area contributed by atoms with Crippen LogP contribution in [0, 0.1) is 5.41 Å². The molecule has 0 radical (unpaired) electrons. The van der Waals surface area contributed by atoms with Gasteiger partial charge in [0.1, 0.15) is 0 Å². The summed E-state index contributed by atoms with van der Waals surface area (Å²) in [5.41, 5.74) is -0.00870. The first-order valence-electron chi connectivity index (χ1n) is 6.30. The SMILES string of the molecule is CC1(C)CCC(Nc2cc(Cl)cc(C(F)(F)F)c2)C1. The van der Waals surface area contributed by atoms with Gasteiger partial charge in [-0.1, -0.05) is 25.4 Å². The molecule has 0 aromatic heterocycles. The zero-order chi connectivity index (χ0) is 14.3. The number of alkyl halides is 3. The standard InChI is InChI=1S/C14H17ClF3N/c1-13(2)4-3-11(8-13)19-12-6-9(14(16,17)18)5-10(15)7-12/h5-7,11,19H,3-4,8H2,1-2H3. The maximum atomic E-state index is 12.7. The van der Waals surface area contributed by atoms with Gasteiger partial charge in [0.15, 0.2) is 0 Å². The molecule has 19 heavy (non-hydrogen) atoms. The van der Waals surface area contributed by atoms with E-state index in [9.17, 15) is 13.2 Å². The molecule has 1 N–H and O–H groups in total. The zero-order valence-electron chi connectivity index (χ0n) is 10.9. The Balaban J connectivity index is 2.15. The lowest BCUT2D eigenvalue weighted by Crippen LogP contribution is -2.18. The molecule has 1 nitrogen and oxygen atoms in total. The predicted octanol–water partition coefficient (Wildman–Crippen LogP) is 5.35. The second-order valence-corrected chi connectivity index (χ2v) is 6.41. The number of hydrogen-bond acceptors (Lipinski definition) is 1. The van der Waals surface area contributed by atoms with Crippen LogP contribution >= 0.6 is 11.6 Å². The quantitative estimate of drug-likeness (QED) is 0.774. The topological polar surface area (TPSA) is 12.0 Å². The van der Waals surface area contributed by atoms with Crippen LogP contribution in [0.4, 0.5) is 18.9 Å². The summed E-state index contributed by atoms with van der Waals surface area (Å²) in [6.07, 6.45) is -1.35. The summed E-state index contributed by atoms with van der Waals surface area (Å²) in [6.45, 7) is 4.35. The number of anilines is 1. The van der Waals surface area contributed by atoms with Gasteiger partial charge < -0.3 is 5.32 Å². The molecule has 1 atom stereocenters. The van der Waals surface area contributed by atoms with Crippen molar-refractivity contribution >= 4 is 17.3 Å². The van der Waals surface area contributed by atoms with Crippen LogP contribution in [-0.4, -0.2) is 6.04 Å². The Bertz CT molecular complexity index is 468. The molecule has 2 rings (SSSR count). The maximum absolute atomic E-state index is 12.7. The highest BCUT2D eigenvalue weighted by Gasteiger charge is 2.33. The molecule has 5 heteroatoms. The highest BCUT2D eigenvalue weighted by Crippen LogP contribution is 2.39. The fourth-order valence-corrected chi connectivity index (χ4v) is 2.87. The summed E-state index contributed by atoms with van der Waals surface area (Å²) < 4.78 is 38.1. The minimum Gasteiger partial charge on any atom is -0.382 e. The minimum absolute atomic E-state index is 0.106. The first kappa shape index (κ1) is 14.5. The maximum Gasteiger partial charge on any atom is 0.416 e. The van der Waals surface area contributed by atoms with Crippen LogP contribution in [0.3, 0.4) is 0 Å². The Morgan fingerprint density at radius 3 is 2.47 bits per heavy atom. The van der Waals surface area contributed by atoms with Gasteiger partial charge in [0, 0.05) is 16.8 Å². The molecule has 1 aromatic carbocycles. The molecule has 0 spiro atoms. The van der Waals surface area contributed by atoms with Gasteiger partial charge in [-0.05, 0) is 42.9 Å². The van der Waals surface area contributed by atoms with Gasteiger partial charge in [0.2, 0.25) is 0 Å². The van der Waals surface area contributed by atoms with Gasteiger partial charge in [-0.2, -0.15) is 13.2 Å². The normalized spacial score (nSPS) is 22.5. The third kappa shape index (κ3) is 3.78. The molecule has 0 bridgehead atoms. The van der Waals surface area contributed by atoms with E-state index in [1.165, 1.54) is 0 Å². The molecule has 1 unspecified atom stereocenters. The van der Waals surface area contributed by atoms with Crippen molar-refractivity contribution in [2.75, 3.05) is 5.32 Å². The highest BCUT2D eigenvalue weighted by molar-refractivity contribution is 6.30. The molecule has 0 saturated heterocycles. The van der Waals surface area contributed by atoms with Crippen LogP contribution in [0.2, 0.25) is 5.02 Å². The van der Waals surface area contributed by atoms with Gasteiger partial charge >= 0.3 is 6.18 Å². The van der Waals surface area contributed by atoms with E-state index >= 15 is 0 Å². The molecular weight excluding hydrogens is 275 g/mol. The van der Waals surface area contributed by atoms with E-state index in [1.807, 2.05) is 0 Å². The first-order chi connectivity index (χ1) is 8.66. The average Bonchev–Trinajstić information content (AvgIpc) is 2.55. The molecule has 1 aromatic rings. The van der Waals surface area contributed by atoms with Crippen LogP contribution in [0.5, 0.6) is 0 Å². The Kier molecular flexibility index (Phi) is 3.74. The van der Waals surface area contributed by atoms with Gasteiger partial charge in [0.05, 0.1) is 5.56 Å². The molecule has 1 aliphatic rings. The summed E-state index contributed by atoms with van der Waals surface area (Å²) in [4.78, 5) is 0. The Morgan fingerprint density at radius 2 is 1.95 bits per heavy atom. The van der Waals surface area contributed by atoms with Crippen LogP contribution in [-0.2, 0) is 6.18 Å². The summed E-state index contributed by atoms with van der Waals surface area (Å²) in [5.74, 6) is 0. The molecule has 0 heterocycles. The Morgan fingerprint density at radius 1 is 1.26 bits per heavy atom. The van der Waals surface area contributed by atoms with Crippen molar-refractivity contribution in [3.8, 4) is 0 Å². The second-order valence-electron chi connectivity index (χ2n) is 5.97. The van der Waals surface area contributed by atoms with Crippen molar-refractivity contribution in [1.29, 1.82) is 0 Å². The van der Waals surface area contributed by atoms with Crippen molar-refractivity contribution in [2.24, 2.45) is 5.41 Å².